The second kappa shape index (κ2) is 9.04. The van der Waals surface area contributed by atoms with Crippen molar-refractivity contribution in [1.29, 1.82) is 0 Å². The Morgan fingerprint density at radius 2 is 1.65 bits per heavy atom. The lowest BCUT2D eigenvalue weighted by molar-refractivity contribution is -0.135. The highest BCUT2D eigenvalue weighted by Gasteiger charge is 2.49. The van der Waals surface area contributed by atoms with Crippen LogP contribution in [0.4, 0.5) is 4.79 Å². The zero-order chi connectivity index (χ0) is 21.8. The molecule has 2 aliphatic heterocycles. The summed E-state index contributed by atoms with van der Waals surface area (Å²) < 4.78 is 0. The van der Waals surface area contributed by atoms with Crippen molar-refractivity contribution < 1.29 is 14.4 Å². The molecule has 2 atom stereocenters. The van der Waals surface area contributed by atoms with E-state index in [0.29, 0.717) is 12.1 Å². The van der Waals surface area contributed by atoms with Crippen molar-refractivity contribution >= 4 is 17.8 Å². The summed E-state index contributed by atoms with van der Waals surface area (Å²) in [6, 6.07) is 17.7. The number of aryl methyl sites for hydroxylation is 1. The van der Waals surface area contributed by atoms with Gasteiger partial charge in [0.15, 0.2) is 0 Å². The van der Waals surface area contributed by atoms with Crippen LogP contribution in [0.2, 0.25) is 0 Å². The van der Waals surface area contributed by atoms with E-state index in [4.69, 9.17) is 0 Å². The lowest BCUT2D eigenvalue weighted by Gasteiger charge is -2.37. The summed E-state index contributed by atoms with van der Waals surface area (Å²) in [5.74, 6) is -0.555. The van der Waals surface area contributed by atoms with Gasteiger partial charge in [0.2, 0.25) is 0 Å². The van der Waals surface area contributed by atoms with Crippen LogP contribution in [0.3, 0.4) is 0 Å². The summed E-state index contributed by atoms with van der Waals surface area (Å²) in [6.45, 7) is 0.720. The third kappa shape index (κ3) is 4.45. The van der Waals surface area contributed by atoms with E-state index in [0.717, 1.165) is 18.4 Å². The highest BCUT2D eigenvalue weighted by atomic mass is 16.2. The van der Waals surface area contributed by atoms with E-state index in [1.54, 1.807) is 18.1 Å². The predicted octanol–water partition coefficient (Wildman–Crippen LogP) is 2.05. The van der Waals surface area contributed by atoms with Gasteiger partial charge in [-0.25, -0.2) is 4.79 Å². The smallest absolute Gasteiger partial charge is 0.325 e. The van der Waals surface area contributed by atoms with Gasteiger partial charge in [-0.2, -0.15) is 0 Å². The molecule has 2 aromatic carbocycles. The average molecular weight is 418 g/mol. The Kier molecular flexibility index (Phi) is 6.02. The molecule has 1 fully saturated rings. The zero-order valence-electron chi connectivity index (χ0n) is 17.5. The van der Waals surface area contributed by atoms with Crippen LogP contribution >= 0.6 is 0 Å². The second-order valence-electron chi connectivity index (χ2n) is 7.88. The first-order valence-corrected chi connectivity index (χ1v) is 10.5. The van der Waals surface area contributed by atoms with Crippen molar-refractivity contribution in [3.63, 3.8) is 0 Å². The first-order chi connectivity index (χ1) is 15.0. The minimum Gasteiger partial charge on any atom is -0.366 e. The fourth-order valence-electron chi connectivity index (χ4n) is 4.09. The van der Waals surface area contributed by atoms with Gasteiger partial charge in [0.1, 0.15) is 6.04 Å². The molecule has 4 amide bonds. The number of likely N-dealkylation sites (N-methyl/N-ethyl adjacent to an activating group) is 1. The van der Waals surface area contributed by atoms with Crippen LogP contribution < -0.4 is 10.6 Å². The Labute approximate surface area is 181 Å². The third-order valence-corrected chi connectivity index (χ3v) is 5.69. The van der Waals surface area contributed by atoms with Crippen LogP contribution in [0, 0.1) is 0 Å². The summed E-state index contributed by atoms with van der Waals surface area (Å²) in [5.41, 5.74) is 2.50. The summed E-state index contributed by atoms with van der Waals surface area (Å²) in [7, 11) is 1.75. The van der Waals surface area contributed by atoms with Gasteiger partial charge in [-0.1, -0.05) is 60.7 Å². The summed E-state index contributed by atoms with van der Waals surface area (Å²) in [5, 5.41) is 5.77. The van der Waals surface area contributed by atoms with Gasteiger partial charge in [-0.05, 0) is 24.0 Å². The molecule has 0 aliphatic carbocycles. The molecule has 2 heterocycles. The van der Waals surface area contributed by atoms with E-state index in [1.807, 2.05) is 48.5 Å². The lowest BCUT2D eigenvalue weighted by atomic mass is 9.99. The summed E-state index contributed by atoms with van der Waals surface area (Å²) in [4.78, 5) is 41.4. The predicted molar refractivity (Wildman–Crippen MR) is 117 cm³/mol. The van der Waals surface area contributed by atoms with Crippen molar-refractivity contribution in [3.05, 3.63) is 83.6 Å². The Balaban J connectivity index is 1.36. The van der Waals surface area contributed by atoms with Crippen LogP contribution in [0.5, 0.6) is 0 Å². The third-order valence-electron chi connectivity index (χ3n) is 5.69. The van der Waals surface area contributed by atoms with Gasteiger partial charge in [0.05, 0.1) is 18.2 Å². The maximum atomic E-state index is 13.1. The molecule has 2 aliphatic rings. The number of carbonyl (C=O) groups is 3. The minimum absolute atomic E-state index is 0.198. The zero-order valence-corrected chi connectivity index (χ0v) is 17.5. The van der Waals surface area contributed by atoms with E-state index in [1.165, 1.54) is 10.5 Å². The molecule has 1 saturated heterocycles. The van der Waals surface area contributed by atoms with E-state index in [2.05, 4.69) is 22.8 Å². The van der Waals surface area contributed by atoms with Gasteiger partial charge in [-0.3, -0.25) is 14.5 Å². The van der Waals surface area contributed by atoms with E-state index < -0.39 is 18.1 Å². The standard InChI is InChI=1S/C24H26N4O3/c1-27-16-19(22(29)25-14-8-13-17-9-4-2-5-10-17)20-21(27)23(30)28(24(31)26-20)15-18-11-6-3-7-12-18/h2-7,9-12,16,20-21H,8,13-15H2,1H3,(H,25,29)(H,26,31). The molecule has 160 valence electrons. The highest BCUT2D eigenvalue weighted by Crippen LogP contribution is 2.27. The fraction of sp³-hybridized carbons (Fsp3) is 0.292. The topological polar surface area (TPSA) is 81.8 Å². The number of amides is 4. The Morgan fingerprint density at radius 3 is 2.32 bits per heavy atom. The number of fused-ring (bicyclic) bond motifs is 1. The van der Waals surface area contributed by atoms with Gasteiger partial charge in [0, 0.05) is 19.8 Å². The summed E-state index contributed by atoms with van der Waals surface area (Å²) >= 11 is 0. The molecule has 0 radical (unpaired) electrons. The van der Waals surface area contributed by atoms with E-state index >= 15 is 0 Å². The van der Waals surface area contributed by atoms with E-state index in [9.17, 15) is 14.4 Å². The molecule has 0 spiro atoms. The van der Waals surface area contributed by atoms with Crippen LogP contribution in [0.15, 0.2) is 72.4 Å². The molecule has 2 aromatic rings. The molecule has 0 bridgehead atoms. The maximum absolute atomic E-state index is 13.1. The average Bonchev–Trinajstić information content (AvgIpc) is 3.11. The Bertz CT molecular complexity index is 990. The van der Waals surface area contributed by atoms with Crippen molar-refractivity contribution in [1.82, 2.24) is 20.4 Å². The van der Waals surface area contributed by atoms with Crippen LogP contribution in [-0.2, 0) is 22.6 Å². The SMILES string of the molecule is CN1C=C(C(=O)NCCCc2ccccc2)C2NC(=O)N(Cc3ccccc3)C(=O)C21. The number of carbonyl (C=O) groups excluding carboxylic acids is 3. The second-order valence-corrected chi connectivity index (χ2v) is 7.88. The van der Waals surface area contributed by atoms with Crippen molar-refractivity contribution in [2.75, 3.05) is 13.6 Å². The van der Waals surface area contributed by atoms with Crippen molar-refractivity contribution in [2.24, 2.45) is 0 Å². The molecule has 2 N–H and O–H groups in total. The molecule has 7 heteroatoms. The number of hydrogen-bond acceptors (Lipinski definition) is 4. The molecule has 2 unspecified atom stereocenters. The lowest BCUT2D eigenvalue weighted by Crippen LogP contribution is -2.64. The van der Waals surface area contributed by atoms with E-state index in [-0.39, 0.29) is 18.4 Å². The Morgan fingerprint density at radius 1 is 1.00 bits per heavy atom. The molecular formula is C24H26N4O3. The van der Waals surface area contributed by atoms with Gasteiger partial charge < -0.3 is 15.5 Å². The fourth-order valence-corrected chi connectivity index (χ4v) is 4.09. The molecule has 4 rings (SSSR count). The number of nitrogens with one attached hydrogen (secondary N) is 2. The molecular weight excluding hydrogens is 392 g/mol. The van der Waals surface area contributed by atoms with Gasteiger partial charge in [-0.15, -0.1) is 0 Å². The first kappa shape index (κ1) is 20.7. The van der Waals surface area contributed by atoms with Gasteiger partial charge in [0.25, 0.3) is 11.8 Å². The number of rotatable bonds is 7. The number of nitrogens with zero attached hydrogens (tertiary/aromatic N) is 2. The highest BCUT2D eigenvalue weighted by molar-refractivity contribution is 6.05. The van der Waals surface area contributed by atoms with Crippen molar-refractivity contribution in [3.8, 4) is 0 Å². The molecule has 0 aromatic heterocycles. The monoisotopic (exact) mass is 418 g/mol. The van der Waals surface area contributed by atoms with Crippen LogP contribution in [0.1, 0.15) is 17.5 Å². The molecule has 31 heavy (non-hydrogen) atoms. The minimum atomic E-state index is -0.647. The van der Waals surface area contributed by atoms with Crippen molar-refractivity contribution in [2.45, 2.75) is 31.5 Å². The van der Waals surface area contributed by atoms with Crippen LogP contribution in [-0.4, -0.2) is 53.3 Å². The maximum Gasteiger partial charge on any atom is 0.325 e. The number of urea groups is 1. The number of imide groups is 1. The quantitative estimate of drug-likeness (QED) is 0.675. The summed E-state index contributed by atoms with van der Waals surface area (Å²) in [6.07, 6.45) is 3.34. The molecule has 0 saturated carbocycles. The molecule has 7 nitrogen and oxygen atoms in total. The normalized spacial score (nSPS) is 20.2. The van der Waals surface area contributed by atoms with Gasteiger partial charge >= 0.3 is 6.03 Å². The largest absolute Gasteiger partial charge is 0.366 e. The number of hydrogen-bond donors (Lipinski definition) is 2. The number of benzene rings is 2. The first-order valence-electron chi connectivity index (χ1n) is 10.5. The Hall–Kier alpha value is -3.61. The van der Waals surface area contributed by atoms with Crippen LogP contribution in [0.25, 0.3) is 0 Å².